The maximum absolute atomic E-state index is 6.09. The van der Waals surface area contributed by atoms with Crippen LogP contribution in [0.2, 0.25) is 10.0 Å². The molecule has 2 nitrogen and oxygen atoms in total. The minimum Gasteiger partial charge on any atom is -0.373 e. The molecule has 1 aromatic carbocycles. The average molecular weight is 274 g/mol. The largest absolute Gasteiger partial charge is 0.373 e. The van der Waals surface area contributed by atoms with Gasteiger partial charge >= 0.3 is 0 Å². The number of nitrogens with one attached hydrogen (secondary N) is 1. The van der Waals surface area contributed by atoms with E-state index in [4.69, 9.17) is 27.9 Å². The van der Waals surface area contributed by atoms with Crippen molar-refractivity contribution in [2.45, 2.75) is 25.6 Å². The molecule has 4 heteroatoms. The van der Waals surface area contributed by atoms with E-state index in [1.807, 2.05) is 19.2 Å². The Labute approximate surface area is 112 Å². The predicted molar refractivity (Wildman–Crippen MR) is 71.7 cm³/mol. The van der Waals surface area contributed by atoms with Crippen LogP contribution in [0.5, 0.6) is 0 Å². The summed E-state index contributed by atoms with van der Waals surface area (Å²) in [5.74, 6) is 0.764. The van der Waals surface area contributed by atoms with Gasteiger partial charge in [0.25, 0.3) is 0 Å². The van der Waals surface area contributed by atoms with Crippen LogP contribution in [-0.4, -0.2) is 19.7 Å². The fraction of sp³-hybridized carbons (Fsp3) is 0.538. The summed E-state index contributed by atoms with van der Waals surface area (Å²) >= 11 is 12.0. The van der Waals surface area contributed by atoms with Gasteiger partial charge in [0.15, 0.2) is 0 Å². The summed E-state index contributed by atoms with van der Waals surface area (Å²) in [5, 5.41) is 4.39. The highest BCUT2D eigenvalue weighted by atomic mass is 35.5. The van der Waals surface area contributed by atoms with Crippen molar-refractivity contribution in [1.82, 2.24) is 5.32 Å². The van der Waals surface area contributed by atoms with E-state index in [0.717, 1.165) is 30.9 Å². The molecule has 1 fully saturated rings. The lowest BCUT2D eigenvalue weighted by molar-refractivity contribution is -0.0390. The Morgan fingerprint density at radius 3 is 2.82 bits per heavy atom. The second-order valence-corrected chi connectivity index (χ2v) is 5.33. The smallest absolute Gasteiger partial charge is 0.0735 e. The van der Waals surface area contributed by atoms with E-state index in [-0.39, 0.29) is 0 Å². The molecule has 17 heavy (non-hydrogen) atoms. The second kappa shape index (κ2) is 6.05. The van der Waals surface area contributed by atoms with Gasteiger partial charge in [0, 0.05) is 0 Å². The summed E-state index contributed by atoms with van der Waals surface area (Å²) < 4.78 is 5.81. The first-order chi connectivity index (χ1) is 8.20. The van der Waals surface area contributed by atoms with Gasteiger partial charge in [-0.25, -0.2) is 0 Å². The van der Waals surface area contributed by atoms with Crippen LogP contribution in [0, 0.1) is 5.92 Å². The molecular weight excluding hydrogens is 257 g/mol. The van der Waals surface area contributed by atoms with Crippen molar-refractivity contribution in [3.05, 3.63) is 33.8 Å². The standard InChI is InChI=1S/C13H17Cl2NO/c1-16-7-9-5-11(6-9)17-8-10-3-2-4-12(14)13(10)15/h2-4,9,11,16H,5-8H2,1H3. The molecule has 0 bridgehead atoms. The third-order valence-corrected chi connectivity index (χ3v) is 4.05. The van der Waals surface area contributed by atoms with Crippen LogP contribution in [0.4, 0.5) is 0 Å². The first-order valence-electron chi connectivity index (χ1n) is 5.89. The van der Waals surface area contributed by atoms with Gasteiger partial charge in [-0.05, 0) is 44.0 Å². The Morgan fingerprint density at radius 1 is 1.35 bits per heavy atom. The Bertz CT molecular complexity index is 378. The van der Waals surface area contributed by atoms with Crippen LogP contribution in [-0.2, 0) is 11.3 Å². The minimum absolute atomic E-state index is 0.378. The molecule has 1 aliphatic carbocycles. The Balaban J connectivity index is 1.78. The van der Waals surface area contributed by atoms with Crippen LogP contribution < -0.4 is 5.32 Å². The Morgan fingerprint density at radius 2 is 2.12 bits per heavy atom. The van der Waals surface area contributed by atoms with Crippen molar-refractivity contribution in [2.24, 2.45) is 5.92 Å². The molecule has 2 rings (SSSR count). The molecule has 0 heterocycles. The zero-order valence-electron chi connectivity index (χ0n) is 9.88. The predicted octanol–water partition coefficient (Wildman–Crippen LogP) is 3.51. The maximum atomic E-state index is 6.09. The zero-order valence-corrected chi connectivity index (χ0v) is 11.4. The van der Waals surface area contributed by atoms with Crippen molar-refractivity contribution in [3.63, 3.8) is 0 Å². The number of hydrogen-bond donors (Lipinski definition) is 1. The molecule has 0 aromatic heterocycles. The van der Waals surface area contributed by atoms with Gasteiger partial charge in [-0.3, -0.25) is 0 Å². The third-order valence-electron chi connectivity index (χ3n) is 3.19. The molecule has 94 valence electrons. The van der Waals surface area contributed by atoms with Crippen LogP contribution in [0.1, 0.15) is 18.4 Å². The number of ether oxygens (including phenoxy) is 1. The molecule has 0 spiro atoms. The van der Waals surface area contributed by atoms with Gasteiger partial charge in [-0.2, -0.15) is 0 Å². The molecule has 1 saturated carbocycles. The van der Waals surface area contributed by atoms with Crippen LogP contribution >= 0.6 is 23.2 Å². The quantitative estimate of drug-likeness (QED) is 0.887. The monoisotopic (exact) mass is 273 g/mol. The molecule has 1 aromatic rings. The fourth-order valence-corrected chi connectivity index (χ4v) is 2.51. The highest BCUT2D eigenvalue weighted by Crippen LogP contribution is 2.32. The summed E-state index contributed by atoms with van der Waals surface area (Å²) in [6, 6.07) is 5.65. The van der Waals surface area contributed by atoms with Crippen molar-refractivity contribution in [2.75, 3.05) is 13.6 Å². The molecule has 0 atom stereocenters. The van der Waals surface area contributed by atoms with Crippen molar-refractivity contribution in [1.29, 1.82) is 0 Å². The van der Waals surface area contributed by atoms with Gasteiger partial charge in [-0.1, -0.05) is 35.3 Å². The van der Waals surface area contributed by atoms with E-state index in [0.29, 0.717) is 22.8 Å². The lowest BCUT2D eigenvalue weighted by atomic mass is 9.82. The fourth-order valence-electron chi connectivity index (χ4n) is 2.13. The number of halogens is 2. The Hall–Kier alpha value is -0.280. The van der Waals surface area contributed by atoms with Gasteiger partial charge < -0.3 is 10.1 Å². The van der Waals surface area contributed by atoms with Crippen molar-refractivity contribution < 1.29 is 4.74 Å². The van der Waals surface area contributed by atoms with Crippen LogP contribution in [0.25, 0.3) is 0 Å². The van der Waals surface area contributed by atoms with E-state index in [9.17, 15) is 0 Å². The minimum atomic E-state index is 0.378. The molecule has 0 saturated heterocycles. The summed E-state index contributed by atoms with van der Waals surface area (Å²) in [4.78, 5) is 0. The topological polar surface area (TPSA) is 21.3 Å². The van der Waals surface area contributed by atoms with Crippen LogP contribution in [0.15, 0.2) is 18.2 Å². The average Bonchev–Trinajstić information content (AvgIpc) is 2.26. The summed E-state index contributed by atoms with van der Waals surface area (Å²) in [6.45, 7) is 1.63. The molecule has 0 radical (unpaired) electrons. The number of benzene rings is 1. The van der Waals surface area contributed by atoms with Gasteiger partial charge in [0.2, 0.25) is 0 Å². The SMILES string of the molecule is CNCC1CC(OCc2cccc(Cl)c2Cl)C1. The zero-order chi connectivity index (χ0) is 12.3. The first-order valence-corrected chi connectivity index (χ1v) is 6.65. The van der Waals surface area contributed by atoms with Gasteiger partial charge in [0.05, 0.1) is 22.8 Å². The van der Waals surface area contributed by atoms with Crippen molar-refractivity contribution in [3.8, 4) is 0 Å². The summed E-state index contributed by atoms with van der Waals surface area (Å²) in [7, 11) is 1.99. The normalized spacial score (nSPS) is 23.5. The second-order valence-electron chi connectivity index (χ2n) is 4.54. The lowest BCUT2D eigenvalue weighted by Gasteiger charge is -2.35. The third kappa shape index (κ3) is 3.35. The van der Waals surface area contributed by atoms with E-state index >= 15 is 0 Å². The molecule has 1 aliphatic rings. The van der Waals surface area contributed by atoms with Crippen LogP contribution in [0.3, 0.4) is 0 Å². The highest BCUT2D eigenvalue weighted by Gasteiger charge is 2.29. The van der Waals surface area contributed by atoms with E-state index in [1.54, 1.807) is 6.07 Å². The van der Waals surface area contributed by atoms with E-state index in [2.05, 4.69) is 5.32 Å². The number of rotatable bonds is 5. The van der Waals surface area contributed by atoms with E-state index < -0.39 is 0 Å². The highest BCUT2D eigenvalue weighted by molar-refractivity contribution is 6.42. The molecule has 0 amide bonds. The molecule has 1 N–H and O–H groups in total. The first kappa shape index (κ1) is 13.2. The van der Waals surface area contributed by atoms with E-state index in [1.165, 1.54) is 0 Å². The van der Waals surface area contributed by atoms with Gasteiger partial charge in [-0.15, -0.1) is 0 Å². The summed E-state index contributed by atoms with van der Waals surface area (Å²) in [5.41, 5.74) is 0.969. The van der Waals surface area contributed by atoms with Crippen molar-refractivity contribution >= 4 is 23.2 Å². The molecule has 0 aliphatic heterocycles. The Kier molecular flexibility index (Phi) is 4.69. The lowest BCUT2D eigenvalue weighted by Crippen LogP contribution is -2.36. The number of hydrogen-bond acceptors (Lipinski definition) is 2. The molecule has 0 unspecified atom stereocenters. The maximum Gasteiger partial charge on any atom is 0.0735 e. The van der Waals surface area contributed by atoms with Gasteiger partial charge in [0.1, 0.15) is 0 Å². The molecular formula is C13H17Cl2NO. The summed E-state index contributed by atoms with van der Waals surface area (Å²) in [6.07, 6.45) is 2.65.